The Morgan fingerprint density at radius 2 is 2.22 bits per heavy atom. The van der Waals surface area contributed by atoms with Crippen molar-refractivity contribution in [2.75, 3.05) is 0 Å². The van der Waals surface area contributed by atoms with E-state index in [9.17, 15) is 9.18 Å². The number of rotatable bonds is 4. The van der Waals surface area contributed by atoms with Crippen molar-refractivity contribution in [3.05, 3.63) is 60.7 Å². The van der Waals surface area contributed by atoms with Crippen molar-refractivity contribution in [1.29, 1.82) is 0 Å². The molecule has 0 spiro atoms. The van der Waals surface area contributed by atoms with Gasteiger partial charge in [-0.2, -0.15) is 5.10 Å². The molecule has 5 heteroatoms. The summed E-state index contributed by atoms with van der Waals surface area (Å²) in [5.74, 6) is -0.613. The van der Waals surface area contributed by atoms with Crippen LogP contribution in [0.5, 0.6) is 0 Å². The Labute approximate surface area is 104 Å². The van der Waals surface area contributed by atoms with Gasteiger partial charge in [-0.05, 0) is 24.3 Å². The van der Waals surface area contributed by atoms with Crippen molar-refractivity contribution < 1.29 is 9.18 Å². The summed E-state index contributed by atoms with van der Waals surface area (Å²) in [4.78, 5) is 11.0. The lowest BCUT2D eigenvalue weighted by molar-refractivity contribution is -0.116. The maximum absolute atomic E-state index is 13.5. The normalized spacial score (nSPS) is 10.1. The maximum atomic E-state index is 13.5. The first-order valence-corrected chi connectivity index (χ1v) is 5.40. The number of benzene rings is 1. The first kappa shape index (κ1) is 12.0. The molecule has 0 radical (unpaired) electrons. The largest absolute Gasteiger partial charge is 0.347 e. The molecule has 0 saturated carbocycles. The predicted molar refractivity (Wildman–Crippen MR) is 65.6 cm³/mol. The van der Waals surface area contributed by atoms with Crippen LogP contribution in [0.25, 0.3) is 5.69 Å². The quantitative estimate of drug-likeness (QED) is 0.835. The van der Waals surface area contributed by atoms with Gasteiger partial charge in [0.2, 0.25) is 5.91 Å². The van der Waals surface area contributed by atoms with Gasteiger partial charge in [-0.3, -0.25) is 4.79 Å². The average Bonchev–Trinajstić information content (AvgIpc) is 2.85. The molecular formula is C13H12FN3O. The van der Waals surface area contributed by atoms with Crippen LogP contribution >= 0.6 is 0 Å². The molecule has 18 heavy (non-hydrogen) atoms. The highest BCUT2D eigenvalue weighted by atomic mass is 19.1. The van der Waals surface area contributed by atoms with E-state index in [1.165, 1.54) is 16.8 Å². The molecule has 2 aromatic rings. The molecule has 1 aromatic carbocycles. The monoisotopic (exact) mass is 245 g/mol. The fourth-order valence-corrected chi connectivity index (χ4v) is 1.48. The number of nitrogens with zero attached hydrogens (tertiary/aromatic N) is 2. The summed E-state index contributed by atoms with van der Waals surface area (Å²) in [6.07, 6.45) is 2.83. The average molecular weight is 245 g/mol. The first-order chi connectivity index (χ1) is 8.70. The third kappa shape index (κ3) is 2.63. The number of amides is 1. The molecule has 4 nitrogen and oxygen atoms in total. The number of para-hydroxylation sites is 1. The highest BCUT2D eigenvalue weighted by Gasteiger charge is 2.05. The van der Waals surface area contributed by atoms with Gasteiger partial charge in [-0.1, -0.05) is 18.7 Å². The molecule has 0 saturated heterocycles. The van der Waals surface area contributed by atoms with Crippen molar-refractivity contribution in [3.63, 3.8) is 0 Å². The summed E-state index contributed by atoms with van der Waals surface area (Å²) >= 11 is 0. The molecule has 0 aliphatic rings. The Morgan fingerprint density at radius 1 is 1.44 bits per heavy atom. The van der Waals surface area contributed by atoms with Crippen LogP contribution in [0.1, 0.15) is 5.69 Å². The minimum Gasteiger partial charge on any atom is -0.347 e. The van der Waals surface area contributed by atoms with E-state index in [4.69, 9.17) is 0 Å². The van der Waals surface area contributed by atoms with Crippen LogP contribution in [-0.2, 0) is 11.3 Å². The molecule has 0 bridgehead atoms. The van der Waals surface area contributed by atoms with Crippen LogP contribution < -0.4 is 5.32 Å². The second-order valence-corrected chi connectivity index (χ2v) is 3.62. The van der Waals surface area contributed by atoms with Gasteiger partial charge in [0.25, 0.3) is 0 Å². The van der Waals surface area contributed by atoms with Crippen LogP contribution in [0.2, 0.25) is 0 Å². The van der Waals surface area contributed by atoms with Gasteiger partial charge >= 0.3 is 0 Å². The summed E-state index contributed by atoms with van der Waals surface area (Å²) in [6.45, 7) is 3.63. The SMILES string of the molecule is C=CC(=O)NCc1ccn(-c2ccccc2F)n1. The number of nitrogens with one attached hydrogen (secondary N) is 1. The van der Waals surface area contributed by atoms with E-state index in [0.29, 0.717) is 11.4 Å². The standard InChI is InChI=1S/C13H12FN3O/c1-2-13(18)15-9-10-7-8-17(16-10)12-6-4-3-5-11(12)14/h2-8H,1,9H2,(H,15,18). The topological polar surface area (TPSA) is 46.9 Å². The molecule has 0 aliphatic carbocycles. The molecule has 0 fully saturated rings. The summed E-state index contributed by atoms with van der Waals surface area (Å²) < 4.78 is 14.9. The molecule has 1 N–H and O–H groups in total. The summed E-state index contributed by atoms with van der Waals surface area (Å²) in [6, 6.07) is 8.08. The Kier molecular flexibility index (Phi) is 3.52. The zero-order valence-corrected chi connectivity index (χ0v) is 9.64. The highest BCUT2D eigenvalue weighted by Crippen LogP contribution is 2.11. The minimum atomic E-state index is -0.345. The third-order valence-corrected chi connectivity index (χ3v) is 2.37. The maximum Gasteiger partial charge on any atom is 0.243 e. The van der Waals surface area contributed by atoms with Crippen LogP contribution in [0.15, 0.2) is 49.2 Å². The van der Waals surface area contributed by atoms with Gasteiger partial charge in [-0.25, -0.2) is 9.07 Å². The molecular weight excluding hydrogens is 233 g/mol. The van der Waals surface area contributed by atoms with Crippen molar-refractivity contribution >= 4 is 5.91 Å². The second kappa shape index (κ2) is 5.27. The number of hydrogen-bond acceptors (Lipinski definition) is 2. The van der Waals surface area contributed by atoms with Gasteiger partial charge in [0, 0.05) is 6.20 Å². The molecule has 2 rings (SSSR count). The fraction of sp³-hybridized carbons (Fsp3) is 0.0769. The Hall–Kier alpha value is -2.43. The van der Waals surface area contributed by atoms with Crippen LogP contribution in [0, 0.1) is 5.82 Å². The van der Waals surface area contributed by atoms with Gasteiger partial charge < -0.3 is 5.32 Å². The van der Waals surface area contributed by atoms with E-state index < -0.39 is 0 Å². The zero-order chi connectivity index (χ0) is 13.0. The van der Waals surface area contributed by atoms with Crippen molar-refractivity contribution in [3.8, 4) is 5.69 Å². The summed E-state index contributed by atoms with van der Waals surface area (Å²) in [5, 5.41) is 6.78. The van der Waals surface area contributed by atoms with Crippen molar-refractivity contribution in [1.82, 2.24) is 15.1 Å². The second-order valence-electron chi connectivity index (χ2n) is 3.62. The van der Waals surface area contributed by atoms with Crippen molar-refractivity contribution in [2.45, 2.75) is 6.54 Å². The van der Waals surface area contributed by atoms with E-state index in [0.717, 1.165) is 0 Å². The van der Waals surface area contributed by atoms with Gasteiger partial charge in [0.05, 0.1) is 12.2 Å². The zero-order valence-electron chi connectivity index (χ0n) is 9.64. The molecule has 1 heterocycles. The Morgan fingerprint density at radius 3 is 2.94 bits per heavy atom. The Balaban J connectivity index is 2.13. The lowest BCUT2D eigenvalue weighted by Gasteiger charge is -2.02. The predicted octanol–water partition coefficient (Wildman–Crippen LogP) is 1.81. The highest BCUT2D eigenvalue weighted by molar-refractivity contribution is 5.86. The lowest BCUT2D eigenvalue weighted by atomic mass is 10.3. The smallest absolute Gasteiger partial charge is 0.243 e. The number of halogens is 1. The van der Waals surface area contributed by atoms with Gasteiger partial charge in [0.1, 0.15) is 11.5 Å². The summed E-state index contributed by atoms with van der Waals surface area (Å²) in [5.41, 5.74) is 1.02. The van der Waals surface area contributed by atoms with E-state index >= 15 is 0 Å². The van der Waals surface area contributed by atoms with Gasteiger partial charge in [0.15, 0.2) is 0 Å². The summed E-state index contributed by atoms with van der Waals surface area (Å²) in [7, 11) is 0. The van der Waals surface area contributed by atoms with E-state index in [2.05, 4.69) is 17.0 Å². The number of aromatic nitrogens is 2. The molecule has 0 atom stereocenters. The van der Waals surface area contributed by atoms with Crippen LogP contribution in [0.3, 0.4) is 0 Å². The molecule has 0 unspecified atom stereocenters. The van der Waals surface area contributed by atoms with E-state index in [1.54, 1.807) is 30.5 Å². The minimum absolute atomic E-state index is 0.268. The van der Waals surface area contributed by atoms with E-state index in [1.807, 2.05) is 0 Å². The van der Waals surface area contributed by atoms with E-state index in [-0.39, 0.29) is 18.3 Å². The van der Waals surface area contributed by atoms with Crippen LogP contribution in [-0.4, -0.2) is 15.7 Å². The number of hydrogen-bond donors (Lipinski definition) is 1. The Bertz CT molecular complexity index is 577. The lowest BCUT2D eigenvalue weighted by Crippen LogP contribution is -2.20. The number of carbonyl (C=O) groups excluding carboxylic acids is 1. The molecule has 0 aliphatic heterocycles. The van der Waals surface area contributed by atoms with Gasteiger partial charge in [-0.15, -0.1) is 0 Å². The van der Waals surface area contributed by atoms with Crippen LogP contribution in [0.4, 0.5) is 4.39 Å². The molecule has 1 aromatic heterocycles. The third-order valence-electron chi connectivity index (χ3n) is 2.37. The first-order valence-electron chi connectivity index (χ1n) is 5.40. The molecule has 92 valence electrons. The molecule has 1 amide bonds. The fourth-order valence-electron chi connectivity index (χ4n) is 1.48. The number of carbonyl (C=O) groups is 1. The van der Waals surface area contributed by atoms with Crippen molar-refractivity contribution in [2.24, 2.45) is 0 Å².